The Morgan fingerprint density at radius 3 is 2.57 bits per heavy atom. The second-order valence-corrected chi connectivity index (χ2v) is 7.03. The van der Waals surface area contributed by atoms with Crippen molar-refractivity contribution in [3.63, 3.8) is 0 Å². The van der Waals surface area contributed by atoms with E-state index in [2.05, 4.69) is 22.8 Å². The molecular formula is C23H18N2O2S. The van der Waals surface area contributed by atoms with E-state index in [9.17, 15) is 4.79 Å². The largest absolute Gasteiger partial charge is 0.465 e. The standard InChI is InChI=1S/C23H18N2O2S/c26-22(13-12-20-7-4-14-27-20)24-15-17-8-10-19(11-9-17)23-25-21(16-28-23)18-5-2-1-3-6-18/h1-14,16H,15H2,(H,24,26)/b13-12+. The molecule has 4 rings (SSSR count). The van der Waals surface area contributed by atoms with Crippen molar-refractivity contribution in [2.45, 2.75) is 6.54 Å². The molecule has 1 N–H and O–H groups in total. The van der Waals surface area contributed by atoms with Crippen molar-refractivity contribution in [3.8, 4) is 21.8 Å². The highest BCUT2D eigenvalue weighted by molar-refractivity contribution is 7.13. The van der Waals surface area contributed by atoms with E-state index >= 15 is 0 Å². The van der Waals surface area contributed by atoms with Gasteiger partial charge in [0.1, 0.15) is 10.8 Å². The summed E-state index contributed by atoms with van der Waals surface area (Å²) in [6.45, 7) is 0.467. The number of aromatic nitrogens is 1. The number of nitrogens with one attached hydrogen (secondary N) is 1. The first-order valence-electron chi connectivity index (χ1n) is 8.87. The molecule has 0 radical (unpaired) electrons. The second-order valence-electron chi connectivity index (χ2n) is 6.17. The van der Waals surface area contributed by atoms with Crippen molar-refractivity contribution in [2.24, 2.45) is 0 Å². The van der Waals surface area contributed by atoms with Crippen LogP contribution in [0, 0.1) is 0 Å². The number of hydrogen-bond donors (Lipinski definition) is 1. The van der Waals surface area contributed by atoms with E-state index in [1.54, 1.807) is 35.8 Å². The van der Waals surface area contributed by atoms with E-state index in [1.807, 2.05) is 42.5 Å². The van der Waals surface area contributed by atoms with Gasteiger partial charge in [-0.1, -0.05) is 54.6 Å². The molecule has 5 heteroatoms. The Labute approximate surface area is 167 Å². The number of nitrogens with zero attached hydrogens (tertiary/aromatic N) is 1. The van der Waals surface area contributed by atoms with Gasteiger partial charge in [-0.05, 0) is 23.8 Å². The van der Waals surface area contributed by atoms with Crippen LogP contribution in [0.4, 0.5) is 0 Å². The lowest BCUT2D eigenvalue weighted by Gasteiger charge is -2.04. The molecule has 4 nitrogen and oxygen atoms in total. The average molecular weight is 386 g/mol. The van der Waals surface area contributed by atoms with Crippen molar-refractivity contribution in [1.29, 1.82) is 0 Å². The minimum Gasteiger partial charge on any atom is -0.465 e. The highest BCUT2D eigenvalue weighted by Gasteiger charge is 2.06. The molecule has 0 aliphatic rings. The SMILES string of the molecule is O=C(/C=C/c1ccco1)NCc1ccc(-c2nc(-c3ccccc3)cs2)cc1. The fourth-order valence-electron chi connectivity index (χ4n) is 2.71. The molecule has 0 saturated heterocycles. The van der Waals surface area contributed by atoms with Gasteiger partial charge in [0.15, 0.2) is 0 Å². The Hall–Kier alpha value is -3.44. The summed E-state index contributed by atoms with van der Waals surface area (Å²) in [5.41, 5.74) is 4.20. The number of thiazole rings is 1. The van der Waals surface area contributed by atoms with E-state index in [4.69, 9.17) is 9.40 Å². The Morgan fingerprint density at radius 2 is 1.82 bits per heavy atom. The molecule has 0 unspecified atom stereocenters. The number of furan rings is 1. The van der Waals surface area contributed by atoms with Gasteiger partial charge in [-0.3, -0.25) is 4.79 Å². The van der Waals surface area contributed by atoms with Crippen LogP contribution in [-0.4, -0.2) is 10.9 Å². The first-order chi connectivity index (χ1) is 13.8. The molecule has 138 valence electrons. The number of benzene rings is 2. The van der Waals surface area contributed by atoms with Crippen LogP contribution in [0.3, 0.4) is 0 Å². The second kappa shape index (κ2) is 8.50. The molecule has 0 saturated carbocycles. The summed E-state index contributed by atoms with van der Waals surface area (Å²) in [6.07, 6.45) is 4.68. The van der Waals surface area contributed by atoms with Gasteiger partial charge in [0, 0.05) is 29.1 Å². The zero-order valence-electron chi connectivity index (χ0n) is 15.0. The summed E-state index contributed by atoms with van der Waals surface area (Å²) in [5.74, 6) is 0.491. The number of carbonyl (C=O) groups excluding carboxylic acids is 1. The summed E-state index contributed by atoms with van der Waals surface area (Å²) in [7, 11) is 0. The summed E-state index contributed by atoms with van der Waals surface area (Å²) >= 11 is 1.63. The lowest BCUT2D eigenvalue weighted by molar-refractivity contribution is -0.116. The average Bonchev–Trinajstić information content (AvgIpc) is 3.44. The molecule has 0 aliphatic heterocycles. The molecule has 2 heterocycles. The number of amides is 1. The van der Waals surface area contributed by atoms with Crippen LogP contribution in [0.15, 0.2) is 88.9 Å². The van der Waals surface area contributed by atoms with Crippen LogP contribution < -0.4 is 5.32 Å². The zero-order chi connectivity index (χ0) is 19.2. The van der Waals surface area contributed by atoms with Crippen LogP contribution in [-0.2, 0) is 11.3 Å². The lowest BCUT2D eigenvalue weighted by atomic mass is 10.1. The third kappa shape index (κ3) is 4.45. The first-order valence-corrected chi connectivity index (χ1v) is 9.75. The van der Waals surface area contributed by atoms with Crippen LogP contribution in [0.2, 0.25) is 0 Å². The fourth-order valence-corrected chi connectivity index (χ4v) is 3.54. The summed E-state index contributed by atoms with van der Waals surface area (Å²) in [5, 5.41) is 5.92. The van der Waals surface area contributed by atoms with E-state index in [-0.39, 0.29) is 5.91 Å². The van der Waals surface area contributed by atoms with E-state index < -0.39 is 0 Å². The molecule has 1 amide bonds. The van der Waals surface area contributed by atoms with Crippen LogP contribution >= 0.6 is 11.3 Å². The molecule has 0 atom stereocenters. The van der Waals surface area contributed by atoms with E-state index in [1.165, 1.54) is 6.08 Å². The Morgan fingerprint density at radius 1 is 1.00 bits per heavy atom. The molecular weight excluding hydrogens is 368 g/mol. The van der Waals surface area contributed by atoms with Gasteiger partial charge in [-0.2, -0.15) is 0 Å². The Balaban J connectivity index is 1.36. The molecule has 2 aromatic carbocycles. The maximum Gasteiger partial charge on any atom is 0.244 e. The summed E-state index contributed by atoms with van der Waals surface area (Å²) in [4.78, 5) is 16.6. The predicted molar refractivity (Wildman–Crippen MR) is 113 cm³/mol. The third-order valence-electron chi connectivity index (χ3n) is 4.18. The predicted octanol–water partition coefficient (Wildman–Crippen LogP) is 5.40. The van der Waals surface area contributed by atoms with E-state index in [0.717, 1.165) is 27.4 Å². The monoisotopic (exact) mass is 386 g/mol. The molecule has 4 aromatic rings. The molecule has 0 fully saturated rings. The van der Waals surface area contributed by atoms with Gasteiger partial charge in [-0.15, -0.1) is 11.3 Å². The smallest absolute Gasteiger partial charge is 0.244 e. The minimum absolute atomic E-state index is 0.159. The zero-order valence-corrected chi connectivity index (χ0v) is 15.9. The number of rotatable bonds is 6. The molecule has 0 spiro atoms. The topological polar surface area (TPSA) is 55.1 Å². The number of hydrogen-bond acceptors (Lipinski definition) is 4. The maximum absolute atomic E-state index is 11.9. The first kappa shape index (κ1) is 17.9. The van der Waals surface area contributed by atoms with Crippen LogP contribution in [0.25, 0.3) is 27.9 Å². The van der Waals surface area contributed by atoms with Crippen molar-refractivity contribution in [3.05, 3.63) is 95.8 Å². The fraction of sp³-hybridized carbons (Fsp3) is 0.0435. The minimum atomic E-state index is -0.159. The van der Waals surface area contributed by atoms with Crippen molar-refractivity contribution in [2.75, 3.05) is 0 Å². The van der Waals surface area contributed by atoms with Crippen molar-refractivity contribution in [1.82, 2.24) is 10.3 Å². The third-order valence-corrected chi connectivity index (χ3v) is 5.07. The quantitative estimate of drug-likeness (QED) is 0.452. The lowest BCUT2D eigenvalue weighted by Crippen LogP contribution is -2.20. The van der Waals surface area contributed by atoms with Gasteiger partial charge < -0.3 is 9.73 Å². The van der Waals surface area contributed by atoms with Crippen molar-refractivity contribution < 1.29 is 9.21 Å². The summed E-state index contributed by atoms with van der Waals surface area (Å²) < 4.78 is 5.16. The van der Waals surface area contributed by atoms with Crippen LogP contribution in [0.1, 0.15) is 11.3 Å². The highest BCUT2D eigenvalue weighted by Crippen LogP contribution is 2.28. The van der Waals surface area contributed by atoms with Crippen molar-refractivity contribution >= 4 is 23.3 Å². The van der Waals surface area contributed by atoms with Gasteiger partial charge in [-0.25, -0.2) is 4.98 Å². The molecule has 2 aromatic heterocycles. The Bertz CT molecular complexity index is 1070. The normalized spacial score (nSPS) is 11.0. The molecule has 0 bridgehead atoms. The van der Waals surface area contributed by atoms with Crippen LogP contribution in [0.5, 0.6) is 0 Å². The van der Waals surface area contributed by atoms with Gasteiger partial charge >= 0.3 is 0 Å². The van der Waals surface area contributed by atoms with E-state index in [0.29, 0.717) is 12.3 Å². The van der Waals surface area contributed by atoms with Gasteiger partial charge in [0.05, 0.1) is 12.0 Å². The highest BCUT2D eigenvalue weighted by atomic mass is 32.1. The number of carbonyl (C=O) groups is 1. The molecule has 0 aliphatic carbocycles. The summed E-state index contributed by atoms with van der Waals surface area (Å²) in [6, 6.07) is 21.8. The molecule has 28 heavy (non-hydrogen) atoms. The van der Waals surface area contributed by atoms with Gasteiger partial charge in [0.25, 0.3) is 0 Å². The Kier molecular flexibility index (Phi) is 5.45. The van der Waals surface area contributed by atoms with Gasteiger partial charge in [0.2, 0.25) is 5.91 Å². The maximum atomic E-state index is 11.9.